The van der Waals surface area contributed by atoms with E-state index in [4.69, 9.17) is 10.6 Å². The molecule has 8 heteroatoms. The number of aromatic nitrogens is 3. The van der Waals surface area contributed by atoms with Gasteiger partial charge in [0.15, 0.2) is 0 Å². The minimum absolute atomic E-state index is 0.576. The van der Waals surface area contributed by atoms with Crippen molar-refractivity contribution in [1.29, 1.82) is 0 Å². The lowest BCUT2D eigenvalue weighted by Gasteiger charge is -2.08. The molecule has 0 aliphatic heterocycles. The summed E-state index contributed by atoms with van der Waals surface area (Å²) in [5.41, 5.74) is 2.53. The minimum Gasteiger partial charge on any atom is -0.382 e. The van der Waals surface area contributed by atoms with Crippen LogP contribution < -0.4 is 16.6 Å². The molecule has 0 radical (unpaired) electrons. The third-order valence-electron chi connectivity index (χ3n) is 2.16. The summed E-state index contributed by atoms with van der Waals surface area (Å²) >= 11 is 0. The average molecular weight is 255 g/mol. The van der Waals surface area contributed by atoms with E-state index in [1.165, 1.54) is 0 Å². The molecule has 0 fully saturated rings. The zero-order chi connectivity index (χ0) is 13.1. The van der Waals surface area contributed by atoms with Gasteiger partial charge < -0.3 is 10.1 Å². The number of rotatable bonds is 8. The Labute approximate surface area is 107 Å². The van der Waals surface area contributed by atoms with E-state index >= 15 is 0 Å². The quantitative estimate of drug-likeness (QED) is 0.183. The highest BCUT2D eigenvalue weighted by molar-refractivity contribution is 5.79. The van der Waals surface area contributed by atoms with Crippen molar-refractivity contribution in [2.75, 3.05) is 26.3 Å². The van der Waals surface area contributed by atoms with Crippen molar-refractivity contribution in [2.45, 2.75) is 19.9 Å². The normalized spacial score (nSPS) is 11.6. The van der Waals surface area contributed by atoms with Gasteiger partial charge in [-0.3, -0.25) is 15.1 Å². The Kier molecular flexibility index (Phi) is 7.49. The first-order valence-corrected chi connectivity index (χ1v) is 6.03. The molecule has 0 amide bonds. The van der Waals surface area contributed by atoms with Crippen molar-refractivity contribution in [3.8, 4) is 0 Å². The largest absolute Gasteiger partial charge is 0.382 e. The van der Waals surface area contributed by atoms with Gasteiger partial charge in [0.25, 0.3) is 0 Å². The van der Waals surface area contributed by atoms with Crippen molar-refractivity contribution in [3.63, 3.8) is 0 Å². The smallest absolute Gasteiger partial charge is 0.205 e. The Morgan fingerprint density at radius 1 is 1.56 bits per heavy atom. The number of hydrogen-bond donors (Lipinski definition) is 3. The zero-order valence-corrected chi connectivity index (χ0v) is 10.7. The van der Waals surface area contributed by atoms with Gasteiger partial charge >= 0.3 is 0 Å². The van der Waals surface area contributed by atoms with Crippen LogP contribution in [0.2, 0.25) is 0 Å². The maximum atomic E-state index is 5.36. The summed E-state index contributed by atoms with van der Waals surface area (Å²) < 4.78 is 6.95. The Hall–Kier alpha value is -1.67. The van der Waals surface area contributed by atoms with Gasteiger partial charge in [-0.2, -0.15) is 0 Å². The number of guanidine groups is 1. The average Bonchev–Trinajstić information content (AvgIpc) is 2.89. The maximum absolute atomic E-state index is 5.36. The molecule has 0 aliphatic carbocycles. The van der Waals surface area contributed by atoms with Crippen LogP contribution in [0.1, 0.15) is 13.3 Å². The molecule has 0 saturated carbocycles. The highest BCUT2D eigenvalue weighted by Crippen LogP contribution is 1.84. The van der Waals surface area contributed by atoms with Crippen LogP contribution in [0.25, 0.3) is 0 Å². The number of hydrogen-bond acceptors (Lipinski definition) is 5. The van der Waals surface area contributed by atoms with Gasteiger partial charge in [0.2, 0.25) is 5.96 Å². The fourth-order valence-corrected chi connectivity index (χ4v) is 1.30. The fraction of sp³-hybridized carbons (Fsp3) is 0.700. The predicted molar refractivity (Wildman–Crippen MR) is 68.8 cm³/mol. The standard InChI is InChI=1S/C10H21N7O/c1-2-18-9-3-4-12-10(15-11)13-5-7-17-8-6-14-16-17/h6,8H,2-5,7,9,11H2,1H3,(H2,12,13,15). The molecule has 0 unspecified atom stereocenters. The van der Waals surface area contributed by atoms with Crippen molar-refractivity contribution >= 4 is 5.96 Å². The van der Waals surface area contributed by atoms with E-state index in [2.05, 4.69) is 26.0 Å². The zero-order valence-electron chi connectivity index (χ0n) is 10.7. The lowest BCUT2D eigenvalue weighted by atomic mass is 10.4. The Morgan fingerprint density at radius 2 is 2.44 bits per heavy atom. The molecule has 0 aliphatic rings. The maximum Gasteiger partial charge on any atom is 0.205 e. The molecule has 0 spiro atoms. The van der Waals surface area contributed by atoms with Crippen LogP contribution in [0.5, 0.6) is 0 Å². The first-order chi connectivity index (χ1) is 8.86. The molecule has 1 heterocycles. The van der Waals surface area contributed by atoms with Gasteiger partial charge in [0.1, 0.15) is 0 Å². The molecular formula is C10H21N7O. The van der Waals surface area contributed by atoms with Gasteiger partial charge in [-0.1, -0.05) is 5.21 Å². The molecule has 18 heavy (non-hydrogen) atoms. The molecule has 1 rings (SSSR count). The Balaban J connectivity index is 2.14. The van der Waals surface area contributed by atoms with E-state index in [1.54, 1.807) is 17.1 Å². The van der Waals surface area contributed by atoms with Gasteiger partial charge in [0.05, 0.1) is 12.7 Å². The van der Waals surface area contributed by atoms with Gasteiger partial charge in [-0.15, -0.1) is 5.10 Å². The third-order valence-corrected chi connectivity index (χ3v) is 2.16. The summed E-state index contributed by atoms with van der Waals surface area (Å²) in [4.78, 5) is 4.28. The molecular weight excluding hydrogens is 234 g/mol. The fourth-order valence-electron chi connectivity index (χ4n) is 1.30. The second-order valence-corrected chi connectivity index (χ2v) is 3.52. The van der Waals surface area contributed by atoms with Gasteiger partial charge in [-0.25, -0.2) is 5.84 Å². The monoisotopic (exact) mass is 255 g/mol. The summed E-state index contributed by atoms with van der Waals surface area (Å²) in [7, 11) is 0. The van der Waals surface area contributed by atoms with E-state index in [0.29, 0.717) is 25.6 Å². The second kappa shape index (κ2) is 9.37. The van der Waals surface area contributed by atoms with Gasteiger partial charge in [0, 0.05) is 32.5 Å². The van der Waals surface area contributed by atoms with Crippen LogP contribution in [-0.4, -0.2) is 47.3 Å². The third kappa shape index (κ3) is 6.16. The van der Waals surface area contributed by atoms with Crippen LogP contribution in [0, 0.1) is 0 Å². The highest BCUT2D eigenvalue weighted by atomic mass is 16.5. The van der Waals surface area contributed by atoms with E-state index in [0.717, 1.165) is 19.6 Å². The van der Waals surface area contributed by atoms with E-state index < -0.39 is 0 Å². The van der Waals surface area contributed by atoms with Crippen LogP contribution in [-0.2, 0) is 11.3 Å². The minimum atomic E-state index is 0.576. The number of aliphatic imine (C=N–C) groups is 1. The molecule has 1 aromatic heterocycles. The lowest BCUT2D eigenvalue weighted by molar-refractivity contribution is 0.146. The molecule has 8 nitrogen and oxygen atoms in total. The Morgan fingerprint density at radius 3 is 3.11 bits per heavy atom. The number of ether oxygens (including phenoxy) is 1. The van der Waals surface area contributed by atoms with Crippen LogP contribution in [0.3, 0.4) is 0 Å². The van der Waals surface area contributed by atoms with Crippen molar-refractivity contribution < 1.29 is 4.74 Å². The molecule has 0 aromatic carbocycles. The van der Waals surface area contributed by atoms with E-state index in [9.17, 15) is 0 Å². The van der Waals surface area contributed by atoms with Crippen LogP contribution in [0.15, 0.2) is 17.4 Å². The van der Waals surface area contributed by atoms with Crippen LogP contribution >= 0.6 is 0 Å². The van der Waals surface area contributed by atoms with E-state index in [-0.39, 0.29) is 0 Å². The van der Waals surface area contributed by atoms with E-state index in [1.807, 2.05) is 6.92 Å². The van der Waals surface area contributed by atoms with Crippen LogP contribution in [0.4, 0.5) is 0 Å². The highest BCUT2D eigenvalue weighted by Gasteiger charge is 1.96. The molecule has 0 saturated heterocycles. The first-order valence-electron chi connectivity index (χ1n) is 6.03. The summed E-state index contributed by atoms with van der Waals surface area (Å²) in [6.07, 6.45) is 4.32. The number of nitrogens with two attached hydrogens (primary N) is 1. The number of nitrogens with zero attached hydrogens (tertiary/aromatic N) is 4. The number of hydrazine groups is 1. The molecule has 0 bridgehead atoms. The lowest BCUT2D eigenvalue weighted by Crippen LogP contribution is -2.42. The topological polar surface area (TPSA) is 102 Å². The molecule has 102 valence electrons. The summed E-state index contributed by atoms with van der Waals surface area (Å²) in [5.74, 6) is 5.94. The van der Waals surface area contributed by atoms with Crippen molar-refractivity contribution in [1.82, 2.24) is 25.7 Å². The molecule has 0 atom stereocenters. The molecule has 4 N–H and O–H groups in total. The Bertz CT molecular complexity index is 325. The number of nitrogens with one attached hydrogen (secondary N) is 2. The summed E-state index contributed by atoms with van der Waals surface area (Å²) in [5, 5.41) is 10.7. The van der Waals surface area contributed by atoms with Crippen molar-refractivity contribution in [2.24, 2.45) is 10.8 Å². The summed E-state index contributed by atoms with van der Waals surface area (Å²) in [6, 6.07) is 0. The molecule has 1 aromatic rings. The van der Waals surface area contributed by atoms with Crippen molar-refractivity contribution in [3.05, 3.63) is 12.4 Å². The predicted octanol–water partition coefficient (Wildman–Crippen LogP) is -0.886. The summed E-state index contributed by atoms with van der Waals surface area (Å²) in [6.45, 7) is 5.49. The first kappa shape index (κ1) is 14.4. The SMILES string of the molecule is CCOCCCN=C(NN)NCCn1ccnn1. The second-order valence-electron chi connectivity index (χ2n) is 3.52. The van der Waals surface area contributed by atoms with Gasteiger partial charge in [-0.05, 0) is 13.3 Å².